The molecule has 0 bridgehead atoms. The summed E-state index contributed by atoms with van der Waals surface area (Å²) in [6, 6.07) is 4.74. The summed E-state index contributed by atoms with van der Waals surface area (Å²) >= 11 is 0. The Kier molecular flexibility index (Phi) is 5.20. The number of oxazole rings is 1. The van der Waals surface area contributed by atoms with Crippen LogP contribution >= 0.6 is 0 Å². The molecule has 0 aliphatic rings. The lowest BCUT2D eigenvalue weighted by molar-refractivity contribution is 0.160. The van der Waals surface area contributed by atoms with Crippen molar-refractivity contribution in [1.82, 2.24) is 9.88 Å². The number of aromatic nitrogens is 1. The number of benzene rings is 1. The highest BCUT2D eigenvalue weighted by atomic mass is 32.2. The number of hydrogen-bond acceptors (Lipinski definition) is 6. The SMILES string of the molecule is CCS(=O)(=O)c1ccc2oc(CN(C)CCC(C)O)nc2c1. The Morgan fingerprint density at radius 2 is 2.14 bits per heavy atom. The van der Waals surface area contributed by atoms with E-state index in [0.29, 0.717) is 30.0 Å². The van der Waals surface area contributed by atoms with Crippen LogP contribution in [0.1, 0.15) is 26.2 Å². The lowest BCUT2D eigenvalue weighted by Gasteiger charge is -2.15. The average Bonchev–Trinajstić information content (AvgIpc) is 2.86. The zero-order chi connectivity index (χ0) is 16.3. The molecule has 2 rings (SSSR count). The molecule has 0 spiro atoms. The Bertz CT molecular complexity index is 737. The highest BCUT2D eigenvalue weighted by molar-refractivity contribution is 7.91. The second kappa shape index (κ2) is 6.76. The molecule has 0 aliphatic carbocycles. The summed E-state index contributed by atoms with van der Waals surface area (Å²) in [4.78, 5) is 6.62. The van der Waals surface area contributed by atoms with E-state index >= 15 is 0 Å². The first kappa shape index (κ1) is 16.9. The second-order valence-corrected chi connectivity index (χ2v) is 7.79. The highest BCUT2D eigenvalue weighted by Crippen LogP contribution is 2.21. The Balaban J connectivity index is 2.17. The topological polar surface area (TPSA) is 83.6 Å². The van der Waals surface area contributed by atoms with E-state index in [-0.39, 0.29) is 16.8 Å². The van der Waals surface area contributed by atoms with Crippen LogP contribution in [0.3, 0.4) is 0 Å². The molecular weight excluding hydrogens is 304 g/mol. The molecule has 1 N–H and O–H groups in total. The first-order valence-electron chi connectivity index (χ1n) is 7.30. The number of fused-ring (bicyclic) bond motifs is 1. The summed E-state index contributed by atoms with van der Waals surface area (Å²) in [5, 5.41) is 9.29. The molecule has 0 saturated heterocycles. The van der Waals surface area contributed by atoms with Crippen LogP contribution in [0.2, 0.25) is 0 Å². The quantitative estimate of drug-likeness (QED) is 0.835. The van der Waals surface area contributed by atoms with Crippen molar-refractivity contribution in [3.63, 3.8) is 0 Å². The smallest absolute Gasteiger partial charge is 0.209 e. The number of hydrogen-bond donors (Lipinski definition) is 1. The normalized spacial score (nSPS) is 13.9. The fraction of sp³-hybridized carbons (Fsp3) is 0.533. The number of nitrogens with zero attached hydrogens (tertiary/aromatic N) is 2. The van der Waals surface area contributed by atoms with Crippen molar-refractivity contribution in [2.24, 2.45) is 0 Å². The van der Waals surface area contributed by atoms with Crippen molar-refractivity contribution >= 4 is 20.9 Å². The molecule has 0 fully saturated rings. The second-order valence-electron chi connectivity index (χ2n) is 5.52. The van der Waals surface area contributed by atoms with E-state index in [1.165, 1.54) is 0 Å². The minimum atomic E-state index is -3.24. The van der Waals surface area contributed by atoms with Gasteiger partial charge in [0.25, 0.3) is 0 Å². The number of aliphatic hydroxyl groups is 1. The third-order valence-corrected chi connectivity index (χ3v) is 5.21. The molecule has 1 aromatic carbocycles. The van der Waals surface area contributed by atoms with E-state index in [1.807, 2.05) is 11.9 Å². The van der Waals surface area contributed by atoms with Crippen molar-refractivity contribution in [3.8, 4) is 0 Å². The van der Waals surface area contributed by atoms with Crippen LogP contribution in [0.15, 0.2) is 27.5 Å². The summed E-state index contributed by atoms with van der Waals surface area (Å²) in [6.45, 7) is 4.61. The van der Waals surface area contributed by atoms with Crippen LogP contribution in [0.5, 0.6) is 0 Å². The molecule has 1 aromatic heterocycles. The molecule has 0 aliphatic heterocycles. The summed E-state index contributed by atoms with van der Waals surface area (Å²) in [5.41, 5.74) is 1.13. The number of rotatable bonds is 7. The van der Waals surface area contributed by atoms with Gasteiger partial charge in [-0.05, 0) is 38.6 Å². The Hall–Kier alpha value is -1.44. The molecule has 7 heteroatoms. The van der Waals surface area contributed by atoms with Gasteiger partial charge in [0, 0.05) is 6.54 Å². The van der Waals surface area contributed by atoms with Gasteiger partial charge in [0.1, 0.15) is 5.52 Å². The largest absolute Gasteiger partial charge is 0.439 e. The molecule has 22 heavy (non-hydrogen) atoms. The van der Waals surface area contributed by atoms with Crippen molar-refractivity contribution in [2.75, 3.05) is 19.3 Å². The predicted molar refractivity (Wildman–Crippen MR) is 84.4 cm³/mol. The van der Waals surface area contributed by atoms with E-state index in [9.17, 15) is 13.5 Å². The molecule has 6 nitrogen and oxygen atoms in total. The summed E-state index contributed by atoms with van der Waals surface area (Å²) in [6.07, 6.45) is 0.336. The van der Waals surface area contributed by atoms with Gasteiger partial charge < -0.3 is 9.52 Å². The summed E-state index contributed by atoms with van der Waals surface area (Å²) in [5.74, 6) is 0.597. The zero-order valence-corrected chi connectivity index (χ0v) is 13.9. The molecule has 0 amide bonds. The highest BCUT2D eigenvalue weighted by Gasteiger charge is 2.15. The van der Waals surface area contributed by atoms with Crippen LogP contribution < -0.4 is 0 Å². The number of sulfone groups is 1. The van der Waals surface area contributed by atoms with Gasteiger partial charge >= 0.3 is 0 Å². The van der Waals surface area contributed by atoms with Gasteiger partial charge in [-0.15, -0.1) is 0 Å². The van der Waals surface area contributed by atoms with E-state index in [4.69, 9.17) is 4.42 Å². The van der Waals surface area contributed by atoms with Gasteiger partial charge in [-0.3, -0.25) is 4.90 Å². The van der Waals surface area contributed by atoms with Crippen LogP contribution in [-0.4, -0.2) is 48.9 Å². The standard InChI is InChI=1S/C15H22N2O4S/c1-4-22(19,20)12-5-6-14-13(9-12)16-15(21-14)10-17(3)8-7-11(2)18/h5-6,9,11,18H,4,7-8,10H2,1-3H3. The van der Waals surface area contributed by atoms with E-state index in [2.05, 4.69) is 4.98 Å². The Labute approximate surface area is 130 Å². The summed E-state index contributed by atoms with van der Waals surface area (Å²) < 4.78 is 29.4. The van der Waals surface area contributed by atoms with Crippen molar-refractivity contribution in [2.45, 2.75) is 37.8 Å². The van der Waals surface area contributed by atoms with Crippen LogP contribution in [-0.2, 0) is 16.4 Å². The minimum Gasteiger partial charge on any atom is -0.439 e. The van der Waals surface area contributed by atoms with E-state index in [1.54, 1.807) is 32.0 Å². The fourth-order valence-corrected chi connectivity index (χ4v) is 3.00. The van der Waals surface area contributed by atoms with Gasteiger partial charge in [-0.1, -0.05) is 6.92 Å². The van der Waals surface area contributed by atoms with Gasteiger partial charge in [0.15, 0.2) is 15.4 Å². The maximum Gasteiger partial charge on any atom is 0.209 e. The van der Waals surface area contributed by atoms with Gasteiger partial charge in [0.2, 0.25) is 5.89 Å². The predicted octanol–water partition coefficient (Wildman–Crippen LogP) is 1.82. The van der Waals surface area contributed by atoms with Crippen LogP contribution in [0, 0.1) is 0 Å². The Morgan fingerprint density at radius 1 is 1.41 bits per heavy atom. The third kappa shape index (κ3) is 4.06. The maximum absolute atomic E-state index is 11.9. The molecule has 122 valence electrons. The van der Waals surface area contributed by atoms with Gasteiger partial charge in [-0.25, -0.2) is 13.4 Å². The van der Waals surface area contributed by atoms with Crippen LogP contribution in [0.4, 0.5) is 0 Å². The van der Waals surface area contributed by atoms with Crippen molar-refractivity contribution in [1.29, 1.82) is 0 Å². The van der Waals surface area contributed by atoms with Gasteiger partial charge in [0.05, 0.1) is 23.3 Å². The fourth-order valence-electron chi connectivity index (χ4n) is 2.10. The first-order chi connectivity index (χ1) is 10.3. The lowest BCUT2D eigenvalue weighted by Crippen LogP contribution is -2.22. The molecular formula is C15H22N2O4S. The zero-order valence-electron chi connectivity index (χ0n) is 13.1. The summed E-state index contributed by atoms with van der Waals surface area (Å²) in [7, 11) is -1.32. The molecule has 0 saturated carbocycles. The first-order valence-corrected chi connectivity index (χ1v) is 8.96. The monoisotopic (exact) mass is 326 g/mol. The minimum absolute atomic E-state index is 0.0608. The molecule has 1 atom stereocenters. The van der Waals surface area contributed by atoms with E-state index < -0.39 is 9.84 Å². The molecule has 1 heterocycles. The molecule has 1 unspecified atom stereocenters. The molecule has 2 aromatic rings. The van der Waals surface area contributed by atoms with E-state index in [0.717, 1.165) is 6.54 Å². The average molecular weight is 326 g/mol. The Morgan fingerprint density at radius 3 is 2.77 bits per heavy atom. The van der Waals surface area contributed by atoms with Crippen LogP contribution in [0.25, 0.3) is 11.1 Å². The van der Waals surface area contributed by atoms with Gasteiger partial charge in [-0.2, -0.15) is 0 Å². The van der Waals surface area contributed by atoms with Crippen molar-refractivity contribution < 1.29 is 17.9 Å². The van der Waals surface area contributed by atoms with Crippen molar-refractivity contribution in [3.05, 3.63) is 24.1 Å². The number of aliphatic hydroxyl groups excluding tert-OH is 1. The lowest BCUT2D eigenvalue weighted by atomic mass is 10.3. The maximum atomic E-state index is 11.9. The third-order valence-electron chi connectivity index (χ3n) is 3.48. The molecule has 0 radical (unpaired) electrons.